The quantitative estimate of drug-likeness (QED) is 0.770. The first-order chi connectivity index (χ1) is 8.83. The van der Waals surface area contributed by atoms with Gasteiger partial charge in [-0.1, -0.05) is 6.92 Å². The minimum absolute atomic E-state index is 0.0367. The van der Waals surface area contributed by atoms with Crippen molar-refractivity contribution < 1.29 is 9.84 Å². The van der Waals surface area contributed by atoms with E-state index in [0.717, 1.165) is 32.3 Å². The lowest BCUT2D eigenvalue weighted by Gasteiger charge is -2.41. The lowest BCUT2D eigenvalue weighted by atomic mass is 9.89. The molecular formula is C14H28N2O2. The van der Waals surface area contributed by atoms with Crippen LogP contribution in [0.3, 0.4) is 0 Å². The summed E-state index contributed by atoms with van der Waals surface area (Å²) >= 11 is 0. The largest absolute Gasteiger partial charge is 0.394 e. The molecule has 1 atom stereocenters. The smallest absolute Gasteiger partial charge is 0.0932 e. The Bertz CT molecular complexity index is 230. The molecule has 2 rings (SSSR count). The highest BCUT2D eigenvalue weighted by Gasteiger charge is 2.29. The Balaban J connectivity index is 1.72. The van der Waals surface area contributed by atoms with Crippen LogP contribution in [0.15, 0.2) is 0 Å². The number of hydrogen-bond donors (Lipinski definition) is 2. The number of nitrogens with one attached hydrogen (secondary N) is 1. The summed E-state index contributed by atoms with van der Waals surface area (Å²) in [5, 5.41) is 12.8. The molecule has 0 aromatic rings. The summed E-state index contributed by atoms with van der Waals surface area (Å²) in [5.41, 5.74) is 0. The van der Waals surface area contributed by atoms with Crippen molar-refractivity contribution in [2.45, 2.75) is 57.2 Å². The number of morpholine rings is 1. The van der Waals surface area contributed by atoms with Crippen molar-refractivity contribution in [3.63, 3.8) is 0 Å². The molecule has 0 aromatic heterocycles. The van der Waals surface area contributed by atoms with Gasteiger partial charge in [-0.25, -0.2) is 0 Å². The second-order valence-electron chi connectivity index (χ2n) is 5.63. The maximum Gasteiger partial charge on any atom is 0.0932 e. The molecule has 1 saturated heterocycles. The second-order valence-corrected chi connectivity index (χ2v) is 5.63. The van der Waals surface area contributed by atoms with Gasteiger partial charge in [0.2, 0.25) is 0 Å². The van der Waals surface area contributed by atoms with Crippen LogP contribution < -0.4 is 5.32 Å². The Morgan fingerprint density at radius 2 is 2.06 bits per heavy atom. The number of rotatable bonds is 5. The zero-order chi connectivity index (χ0) is 12.8. The van der Waals surface area contributed by atoms with Crippen LogP contribution >= 0.6 is 0 Å². The van der Waals surface area contributed by atoms with Gasteiger partial charge in [0.1, 0.15) is 0 Å². The van der Waals surface area contributed by atoms with E-state index < -0.39 is 0 Å². The van der Waals surface area contributed by atoms with Crippen molar-refractivity contribution in [3.8, 4) is 0 Å². The van der Waals surface area contributed by atoms with Gasteiger partial charge in [-0.15, -0.1) is 0 Å². The Morgan fingerprint density at radius 3 is 2.72 bits per heavy atom. The van der Waals surface area contributed by atoms with Crippen LogP contribution in [0.4, 0.5) is 0 Å². The topological polar surface area (TPSA) is 44.7 Å². The summed E-state index contributed by atoms with van der Waals surface area (Å²) < 4.78 is 5.52. The van der Waals surface area contributed by atoms with E-state index in [1.165, 1.54) is 32.1 Å². The van der Waals surface area contributed by atoms with E-state index in [1.807, 2.05) is 0 Å². The summed E-state index contributed by atoms with van der Waals surface area (Å²) in [7, 11) is 0. The van der Waals surface area contributed by atoms with Crippen LogP contribution in [0, 0.1) is 0 Å². The van der Waals surface area contributed by atoms with Gasteiger partial charge in [-0.3, -0.25) is 4.90 Å². The van der Waals surface area contributed by atoms with Gasteiger partial charge in [0, 0.05) is 25.2 Å². The molecule has 18 heavy (non-hydrogen) atoms. The molecular weight excluding hydrogens is 228 g/mol. The van der Waals surface area contributed by atoms with Crippen molar-refractivity contribution in [2.24, 2.45) is 0 Å². The third-order valence-corrected chi connectivity index (χ3v) is 4.27. The van der Waals surface area contributed by atoms with E-state index in [0.29, 0.717) is 6.04 Å². The molecule has 0 spiro atoms. The molecule has 1 unspecified atom stereocenters. The minimum Gasteiger partial charge on any atom is -0.394 e. The van der Waals surface area contributed by atoms with Crippen LogP contribution in [-0.2, 0) is 4.74 Å². The molecule has 1 saturated carbocycles. The molecule has 4 nitrogen and oxygen atoms in total. The van der Waals surface area contributed by atoms with E-state index in [2.05, 4.69) is 17.1 Å². The van der Waals surface area contributed by atoms with E-state index in [4.69, 9.17) is 4.74 Å². The number of aliphatic hydroxyl groups is 1. The predicted octanol–water partition coefficient (Wildman–Crippen LogP) is 0.990. The van der Waals surface area contributed by atoms with Gasteiger partial charge >= 0.3 is 0 Å². The first kappa shape index (κ1) is 14.3. The van der Waals surface area contributed by atoms with E-state index >= 15 is 0 Å². The Kier molecular flexibility index (Phi) is 5.89. The van der Waals surface area contributed by atoms with E-state index in [1.54, 1.807) is 0 Å². The van der Waals surface area contributed by atoms with Crippen LogP contribution in [0.2, 0.25) is 0 Å². The summed E-state index contributed by atoms with van der Waals surface area (Å²) in [6, 6.07) is 1.44. The Hall–Kier alpha value is -0.160. The molecule has 2 fully saturated rings. The highest BCUT2D eigenvalue weighted by atomic mass is 16.5. The molecule has 1 aliphatic heterocycles. The van der Waals surface area contributed by atoms with Crippen molar-refractivity contribution in [1.29, 1.82) is 0 Å². The predicted molar refractivity (Wildman–Crippen MR) is 72.7 cm³/mol. The molecule has 0 bridgehead atoms. The maximum atomic E-state index is 9.18. The molecule has 1 heterocycles. The van der Waals surface area contributed by atoms with Gasteiger partial charge in [-0.05, 0) is 38.6 Å². The molecule has 1 aliphatic carbocycles. The van der Waals surface area contributed by atoms with Gasteiger partial charge in [0.25, 0.3) is 0 Å². The molecule has 106 valence electrons. The molecule has 0 aromatic carbocycles. The zero-order valence-electron chi connectivity index (χ0n) is 11.6. The normalized spacial score (nSPS) is 34.7. The Labute approximate surface area is 111 Å². The fourth-order valence-electron chi connectivity index (χ4n) is 3.18. The minimum atomic E-state index is 0.0367. The van der Waals surface area contributed by atoms with Gasteiger partial charge in [-0.2, -0.15) is 0 Å². The molecule has 2 aliphatic rings. The monoisotopic (exact) mass is 256 g/mol. The highest BCUT2D eigenvalue weighted by molar-refractivity contribution is 4.85. The van der Waals surface area contributed by atoms with Gasteiger partial charge in [0.15, 0.2) is 0 Å². The number of nitrogens with zero attached hydrogens (tertiary/aromatic N) is 1. The van der Waals surface area contributed by atoms with E-state index in [-0.39, 0.29) is 12.7 Å². The third-order valence-electron chi connectivity index (χ3n) is 4.27. The third kappa shape index (κ3) is 3.92. The number of hydrogen-bond acceptors (Lipinski definition) is 4. The summed E-state index contributed by atoms with van der Waals surface area (Å²) in [6.07, 6.45) is 6.44. The summed E-state index contributed by atoms with van der Waals surface area (Å²) in [4.78, 5) is 2.53. The van der Waals surface area contributed by atoms with Crippen LogP contribution in [0.1, 0.15) is 39.0 Å². The van der Waals surface area contributed by atoms with Crippen LogP contribution in [0.5, 0.6) is 0 Å². The number of ether oxygens (including phenoxy) is 1. The van der Waals surface area contributed by atoms with Crippen LogP contribution in [0.25, 0.3) is 0 Å². The molecule has 0 amide bonds. The fourth-order valence-corrected chi connectivity index (χ4v) is 3.18. The average molecular weight is 256 g/mol. The SMILES string of the molecule is CCCNC1CCC(N2CCOC(CO)C2)CC1. The number of aliphatic hydroxyl groups excluding tert-OH is 1. The van der Waals surface area contributed by atoms with Crippen molar-refractivity contribution in [3.05, 3.63) is 0 Å². The molecule has 4 heteroatoms. The van der Waals surface area contributed by atoms with Gasteiger partial charge in [0.05, 0.1) is 19.3 Å². The summed E-state index contributed by atoms with van der Waals surface area (Å²) in [6.45, 7) is 6.26. The Morgan fingerprint density at radius 1 is 1.28 bits per heavy atom. The standard InChI is InChI=1S/C14H28N2O2/c1-2-7-15-12-3-5-13(6-4-12)16-8-9-18-14(10-16)11-17/h12-15,17H,2-11H2,1H3. The van der Waals surface area contributed by atoms with Crippen LogP contribution in [-0.4, -0.2) is 61.0 Å². The van der Waals surface area contributed by atoms with E-state index in [9.17, 15) is 5.11 Å². The lowest BCUT2D eigenvalue weighted by Crippen LogP contribution is -2.50. The molecule has 2 N–H and O–H groups in total. The zero-order valence-corrected chi connectivity index (χ0v) is 11.6. The first-order valence-electron chi connectivity index (χ1n) is 7.53. The van der Waals surface area contributed by atoms with Crippen molar-refractivity contribution in [1.82, 2.24) is 10.2 Å². The maximum absolute atomic E-state index is 9.18. The lowest BCUT2D eigenvalue weighted by molar-refractivity contribution is -0.0692. The first-order valence-corrected chi connectivity index (χ1v) is 7.53. The highest BCUT2D eigenvalue weighted by Crippen LogP contribution is 2.24. The molecule has 0 radical (unpaired) electrons. The van der Waals surface area contributed by atoms with Gasteiger partial charge < -0.3 is 15.2 Å². The average Bonchev–Trinajstić information content (AvgIpc) is 2.46. The second kappa shape index (κ2) is 7.43. The summed E-state index contributed by atoms with van der Waals surface area (Å²) in [5.74, 6) is 0. The van der Waals surface area contributed by atoms with Crippen molar-refractivity contribution >= 4 is 0 Å². The van der Waals surface area contributed by atoms with Crippen molar-refractivity contribution in [2.75, 3.05) is 32.8 Å². The fraction of sp³-hybridized carbons (Fsp3) is 1.00.